The Morgan fingerprint density at radius 1 is 0.794 bits per heavy atom. The quantitative estimate of drug-likeness (QED) is 0.357. The molecule has 0 bridgehead atoms. The van der Waals surface area contributed by atoms with Crippen LogP contribution in [0.25, 0.3) is 0 Å². The SMILES string of the molecule is CS(=O)(=O)N(Cc1ccccc1)c1ccc(C(=O)Nc2ccccc2Oc2ccccc2)cc1. The molecule has 6 nitrogen and oxygen atoms in total. The maximum Gasteiger partial charge on any atom is 0.255 e. The van der Waals surface area contributed by atoms with E-state index < -0.39 is 10.0 Å². The lowest BCUT2D eigenvalue weighted by Crippen LogP contribution is -2.29. The van der Waals surface area contributed by atoms with E-state index in [2.05, 4.69) is 5.32 Å². The molecule has 0 heterocycles. The molecule has 0 saturated carbocycles. The largest absolute Gasteiger partial charge is 0.455 e. The van der Waals surface area contributed by atoms with Crippen LogP contribution in [0, 0.1) is 0 Å². The van der Waals surface area contributed by atoms with Gasteiger partial charge >= 0.3 is 0 Å². The Bertz CT molecular complexity index is 1360. The van der Waals surface area contributed by atoms with Gasteiger partial charge in [-0.25, -0.2) is 8.42 Å². The Morgan fingerprint density at radius 3 is 2.03 bits per heavy atom. The van der Waals surface area contributed by atoms with Crippen molar-refractivity contribution in [3.63, 3.8) is 0 Å². The van der Waals surface area contributed by atoms with Gasteiger partial charge in [-0.1, -0.05) is 60.7 Å². The van der Waals surface area contributed by atoms with Gasteiger partial charge in [0, 0.05) is 5.56 Å². The Morgan fingerprint density at radius 2 is 1.38 bits per heavy atom. The predicted molar refractivity (Wildman–Crippen MR) is 135 cm³/mol. The van der Waals surface area contributed by atoms with Crippen LogP contribution in [-0.2, 0) is 16.6 Å². The molecule has 0 aromatic heterocycles. The number of hydrogen-bond acceptors (Lipinski definition) is 4. The van der Waals surface area contributed by atoms with E-state index in [1.165, 1.54) is 10.6 Å². The van der Waals surface area contributed by atoms with Crippen LogP contribution in [0.1, 0.15) is 15.9 Å². The molecule has 4 rings (SSSR count). The number of carbonyl (C=O) groups excluding carboxylic acids is 1. The number of ether oxygens (including phenoxy) is 1. The first-order chi connectivity index (χ1) is 16.4. The molecule has 0 aliphatic rings. The molecule has 0 spiro atoms. The van der Waals surface area contributed by atoms with Crippen LogP contribution < -0.4 is 14.4 Å². The average Bonchev–Trinajstić information content (AvgIpc) is 2.84. The van der Waals surface area contributed by atoms with Crippen molar-refractivity contribution < 1.29 is 17.9 Å². The van der Waals surface area contributed by atoms with Crippen molar-refractivity contribution in [1.82, 2.24) is 0 Å². The summed E-state index contributed by atoms with van der Waals surface area (Å²) in [6, 6.07) is 32.3. The third kappa shape index (κ3) is 5.82. The minimum atomic E-state index is -3.52. The standard InChI is InChI=1S/C27H24N2O4S/c1-34(31,32)29(20-21-10-4-2-5-11-21)23-18-16-22(17-19-23)27(30)28-25-14-8-9-15-26(25)33-24-12-6-3-7-13-24/h2-19H,20H2,1H3,(H,28,30). The van der Waals surface area contributed by atoms with Gasteiger partial charge in [-0.05, 0) is 54.1 Å². The van der Waals surface area contributed by atoms with Crippen LogP contribution in [0.15, 0.2) is 109 Å². The molecule has 0 aliphatic carbocycles. The summed E-state index contributed by atoms with van der Waals surface area (Å²) >= 11 is 0. The van der Waals surface area contributed by atoms with Crippen molar-refractivity contribution in [2.75, 3.05) is 15.9 Å². The summed E-state index contributed by atoms with van der Waals surface area (Å²) in [4.78, 5) is 12.9. The summed E-state index contributed by atoms with van der Waals surface area (Å²) < 4.78 is 32.0. The van der Waals surface area contributed by atoms with Crippen molar-refractivity contribution >= 4 is 27.3 Å². The second-order valence-corrected chi connectivity index (χ2v) is 9.57. The number of hydrogen-bond donors (Lipinski definition) is 1. The lowest BCUT2D eigenvalue weighted by atomic mass is 10.1. The molecule has 0 saturated heterocycles. The first kappa shape index (κ1) is 23.1. The number of amides is 1. The van der Waals surface area contributed by atoms with Crippen molar-refractivity contribution in [2.24, 2.45) is 0 Å². The topological polar surface area (TPSA) is 75.7 Å². The van der Waals surface area contributed by atoms with Gasteiger partial charge in [0.15, 0.2) is 5.75 Å². The smallest absolute Gasteiger partial charge is 0.255 e. The molecule has 0 fully saturated rings. The number of carbonyl (C=O) groups is 1. The third-order valence-electron chi connectivity index (χ3n) is 5.09. The van der Waals surface area contributed by atoms with Crippen LogP contribution >= 0.6 is 0 Å². The fraction of sp³-hybridized carbons (Fsp3) is 0.0741. The fourth-order valence-electron chi connectivity index (χ4n) is 3.40. The van der Waals surface area contributed by atoms with Crippen LogP contribution in [0.4, 0.5) is 11.4 Å². The highest BCUT2D eigenvalue weighted by Crippen LogP contribution is 2.30. The van der Waals surface area contributed by atoms with E-state index in [-0.39, 0.29) is 12.5 Å². The monoisotopic (exact) mass is 472 g/mol. The summed E-state index contributed by atoms with van der Waals surface area (Å²) in [6.07, 6.45) is 1.17. The van der Waals surface area contributed by atoms with E-state index in [1.54, 1.807) is 36.4 Å². The predicted octanol–water partition coefficient (Wildman–Crippen LogP) is 5.70. The Hall–Kier alpha value is -4.10. The summed E-state index contributed by atoms with van der Waals surface area (Å²) in [6.45, 7) is 0.204. The molecular formula is C27H24N2O4S. The van der Waals surface area contributed by atoms with E-state index in [0.29, 0.717) is 28.4 Å². The van der Waals surface area contributed by atoms with Gasteiger partial charge < -0.3 is 10.1 Å². The molecule has 4 aromatic carbocycles. The molecule has 7 heteroatoms. The van der Waals surface area contributed by atoms with E-state index in [1.807, 2.05) is 72.8 Å². The van der Waals surface area contributed by atoms with Crippen molar-refractivity contribution in [2.45, 2.75) is 6.54 Å². The molecular weight excluding hydrogens is 448 g/mol. The fourth-order valence-corrected chi connectivity index (χ4v) is 4.29. The lowest BCUT2D eigenvalue weighted by Gasteiger charge is -2.22. The highest BCUT2D eigenvalue weighted by atomic mass is 32.2. The lowest BCUT2D eigenvalue weighted by molar-refractivity contribution is 0.102. The number of nitrogens with zero attached hydrogens (tertiary/aromatic N) is 1. The number of rotatable bonds is 8. The first-order valence-corrected chi connectivity index (χ1v) is 12.5. The first-order valence-electron chi connectivity index (χ1n) is 10.7. The number of benzene rings is 4. The van der Waals surface area contributed by atoms with Crippen LogP contribution in [0.2, 0.25) is 0 Å². The maximum atomic E-state index is 12.9. The van der Waals surface area contributed by atoms with Crippen molar-refractivity contribution in [3.05, 3.63) is 120 Å². The molecule has 172 valence electrons. The summed E-state index contributed by atoms with van der Waals surface area (Å²) in [7, 11) is -3.52. The van der Waals surface area contributed by atoms with Gasteiger partial charge in [0.25, 0.3) is 5.91 Å². The van der Waals surface area contributed by atoms with Gasteiger partial charge in [0.05, 0.1) is 24.2 Å². The molecule has 1 N–H and O–H groups in total. The van der Waals surface area contributed by atoms with Gasteiger partial charge in [-0.3, -0.25) is 9.10 Å². The van der Waals surface area contributed by atoms with Crippen LogP contribution in [0.5, 0.6) is 11.5 Å². The Balaban J connectivity index is 1.51. The zero-order chi connectivity index (χ0) is 24.0. The highest BCUT2D eigenvalue weighted by Gasteiger charge is 2.19. The minimum Gasteiger partial charge on any atom is -0.455 e. The van der Waals surface area contributed by atoms with E-state index >= 15 is 0 Å². The maximum absolute atomic E-state index is 12.9. The molecule has 34 heavy (non-hydrogen) atoms. The van der Waals surface area contributed by atoms with Gasteiger partial charge in [-0.15, -0.1) is 0 Å². The normalized spacial score (nSPS) is 11.0. The second-order valence-electron chi connectivity index (χ2n) is 7.67. The number of nitrogens with one attached hydrogen (secondary N) is 1. The zero-order valence-corrected chi connectivity index (χ0v) is 19.4. The van der Waals surface area contributed by atoms with Crippen molar-refractivity contribution in [1.29, 1.82) is 0 Å². The highest BCUT2D eigenvalue weighted by molar-refractivity contribution is 7.92. The summed E-state index contributed by atoms with van der Waals surface area (Å²) in [5.41, 5.74) is 2.27. The van der Waals surface area contributed by atoms with Crippen LogP contribution in [-0.4, -0.2) is 20.6 Å². The molecule has 0 unspecified atom stereocenters. The minimum absolute atomic E-state index is 0.204. The number of para-hydroxylation sites is 3. The number of sulfonamides is 1. The summed E-state index contributed by atoms with van der Waals surface area (Å²) in [5.74, 6) is 0.849. The van der Waals surface area contributed by atoms with E-state index in [4.69, 9.17) is 4.74 Å². The van der Waals surface area contributed by atoms with Gasteiger partial charge in [0.2, 0.25) is 10.0 Å². The molecule has 4 aromatic rings. The molecule has 0 atom stereocenters. The Kier molecular flexibility index (Phi) is 6.94. The zero-order valence-electron chi connectivity index (χ0n) is 18.6. The van der Waals surface area contributed by atoms with E-state index in [0.717, 1.165) is 5.56 Å². The van der Waals surface area contributed by atoms with Gasteiger partial charge in [-0.2, -0.15) is 0 Å². The molecule has 1 amide bonds. The average molecular weight is 473 g/mol. The molecule has 0 radical (unpaired) electrons. The molecule has 0 aliphatic heterocycles. The Labute approximate surface area is 199 Å². The van der Waals surface area contributed by atoms with Gasteiger partial charge in [0.1, 0.15) is 5.75 Å². The third-order valence-corrected chi connectivity index (χ3v) is 6.23. The van der Waals surface area contributed by atoms with Crippen LogP contribution in [0.3, 0.4) is 0 Å². The number of anilines is 2. The summed E-state index contributed by atoms with van der Waals surface area (Å²) in [5, 5.41) is 2.87. The van der Waals surface area contributed by atoms with E-state index in [9.17, 15) is 13.2 Å². The van der Waals surface area contributed by atoms with Crippen molar-refractivity contribution in [3.8, 4) is 11.5 Å². The second kappa shape index (κ2) is 10.2.